The van der Waals surface area contributed by atoms with E-state index in [4.69, 9.17) is 5.11 Å². The molecule has 0 spiro atoms. The molecule has 0 saturated carbocycles. The molecule has 2 aromatic carbocycles. The molecule has 0 radical (unpaired) electrons. The van der Waals surface area contributed by atoms with Gasteiger partial charge in [0.2, 0.25) is 0 Å². The molecule has 2 aromatic rings. The van der Waals surface area contributed by atoms with E-state index in [-0.39, 0.29) is 6.61 Å². The predicted molar refractivity (Wildman–Crippen MR) is 72.8 cm³/mol. The van der Waals surface area contributed by atoms with Gasteiger partial charge in [-0.15, -0.1) is 0 Å². The van der Waals surface area contributed by atoms with Crippen LogP contribution in [0.3, 0.4) is 0 Å². The number of hydrogen-bond acceptors (Lipinski definition) is 1. The van der Waals surface area contributed by atoms with Gasteiger partial charge in [-0.05, 0) is 24.3 Å². The molecule has 0 fully saturated rings. The first-order chi connectivity index (χ1) is 8.90. The summed E-state index contributed by atoms with van der Waals surface area (Å²) >= 11 is 0. The summed E-state index contributed by atoms with van der Waals surface area (Å²) in [5.74, 6) is 11.7. The van der Waals surface area contributed by atoms with Crippen LogP contribution < -0.4 is 0 Å². The van der Waals surface area contributed by atoms with Crippen LogP contribution in [0.4, 0.5) is 0 Å². The summed E-state index contributed by atoms with van der Waals surface area (Å²) in [5.41, 5.74) is 2.69. The molecule has 1 heteroatoms. The van der Waals surface area contributed by atoms with Crippen molar-refractivity contribution in [3.8, 4) is 23.7 Å². The van der Waals surface area contributed by atoms with E-state index in [0.717, 1.165) is 16.7 Å². The summed E-state index contributed by atoms with van der Waals surface area (Å²) in [6.07, 6.45) is 0. The van der Waals surface area contributed by atoms with Crippen LogP contribution in [0.5, 0.6) is 0 Å². The Labute approximate surface area is 107 Å². The molecule has 0 aromatic heterocycles. The molecule has 0 atom stereocenters. The van der Waals surface area contributed by atoms with Crippen LogP contribution in [0.25, 0.3) is 0 Å². The average molecular weight is 232 g/mol. The fourth-order valence-electron chi connectivity index (χ4n) is 1.50. The van der Waals surface area contributed by atoms with Crippen LogP contribution in [0.15, 0.2) is 54.6 Å². The second-order valence-corrected chi connectivity index (χ2v) is 3.62. The fraction of sp³-hybridized carbons (Fsp3) is 0.0588. The topological polar surface area (TPSA) is 20.2 Å². The first-order valence-electron chi connectivity index (χ1n) is 5.66. The Morgan fingerprint density at radius 1 is 0.722 bits per heavy atom. The van der Waals surface area contributed by atoms with E-state index in [0.29, 0.717) is 0 Å². The zero-order valence-electron chi connectivity index (χ0n) is 9.85. The molecule has 0 heterocycles. The van der Waals surface area contributed by atoms with Gasteiger partial charge in [0.25, 0.3) is 0 Å². The van der Waals surface area contributed by atoms with Gasteiger partial charge in [0.15, 0.2) is 0 Å². The molecule has 86 valence electrons. The third-order valence-electron chi connectivity index (χ3n) is 2.34. The molecule has 1 nitrogen and oxygen atoms in total. The van der Waals surface area contributed by atoms with Crippen LogP contribution in [0.2, 0.25) is 0 Å². The van der Waals surface area contributed by atoms with Gasteiger partial charge in [0, 0.05) is 16.7 Å². The van der Waals surface area contributed by atoms with Crippen molar-refractivity contribution in [3.63, 3.8) is 0 Å². The normalized spacial score (nSPS) is 8.72. The minimum Gasteiger partial charge on any atom is -0.384 e. The van der Waals surface area contributed by atoms with E-state index >= 15 is 0 Å². The second kappa shape index (κ2) is 6.30. The Balaban J connectivity index is 2.33. The first-order valence-corrected chi connectivity index (χ1v) is 5.66. The zero-order valence-corrected chi connectivity index (χ0v) is 9.85. The minimum atomic E-state index is -0.138. The molecule has 0 bridgehead atoms. The minimum absolute atomic E-state index is 0.138. The van der Waals surface area contributed by atoms with Crippen molar-refractivity contribution in [2.24, 2.45) is 0 Å². The van der Waals surface area contributed by atoms with Crippen molar-refractivity contribution in [1.82, 2.24) is 0 Å². The van der Waals surface area contributed by atoms with E-state index < -0.39 is 0 Å². The number of hydrogen-bond donors (Lipinski definition) is 1. The highest BCUT2D eigenvalue weighted by atomic mass is 16.2. The second-order valence-electron chi connectivity index (χ2n) is 3.62. The number of aliphatic hydroxyl groups excluding tert-OH is 1. The van der Waals surface area contributed by atoms with Crippen LogP contribution in [0, 0.1) is 23.7 Å². The zero-order chi connectivity index (χ0) is 12.6. The molecule has 0 aliphatic heterocycles. The van der Waals surface area contributed by atoms with E-state index in [1.807, 2.05) is 54.6 Å². The Bertz CT molecular complexity index is 634. The maximum absolute atomic E-state index is 8.72. The summed E-state index contributed by atoms with van der Waals surface area (Å²) in [7, 11) is 0. The summed E-state index contributed by atoms with van der Waals surface area (Å²) < 4.78 is 0. The lowest BCUT2D eigenvalue weighted by Crippen LogP contribution is -1.83. The van der Waals surface area contributed by atoms with Crippen LogP contribution >= 0.6 is 0 Å². The summed E-state index contributed by atoms with van der Waals surface area (Å²) in [6.45, 7) is -0.138. The fourth-order valence-corrected chi connectivity index (χ4v) is 1.50. The van der Waals surface area contributed by atoms with Crippen molar-refractivity contribution in [2.45, 2.75) is 0 Å². The summed E-state index contributed by atoms with van der Waals surface area (Å²) in [4.78, 5) is 0. The van der Waals surface area contributed by atoms with E-state index in [1.165, 1.54) is 0 Å². The van der Waals surface area contributed by atoms with E-state index in [1.54, 1.807) is 0 Å². The van der Waals surface area contributed by atoms with Crippen molar-refractivity contribution < 1.29 is 5.11 Å². The molecule has 18 heavy (non-hydrogen) atoms. The van der Waals surface area contributed by atoms with Gasteiger partial charge in [-0.2, -0.15) is 0 Å². The lowest BCUT2D eigenvalue weighted by atomic mass is 10.1. The lowest BCUT2D eigenvalue weighted by Gasteiger charge is -1.94. The smallest absolute Gasteiger partial charge is 0.104 e. The molecule has 0 aliphatic rings. The van der Waals surface area contributed by atoms with Gasteiger partial charge < -0.3 is 5.11 Å². The van der Waals surface area contributed by atoms with Crippen molar-refractivity contribution >= 4 is 0 Å². The predicted octanol–water partition coefficient (Wildman–Crippen LogP) is 2.43. The lowest BCUT2D eigenvalue weighted by molar-refractivity contribution is 0.350. The maximum atomic E-state index is 8.72. The number of rotatable bonds is 0. The van der Waals surface area contributed by atoms with Crippen molar-refractivity contribution in [2.75, 3.05) is 6.61 Å². The molecule has 1 N–H and O–H groups in total. The van der Waals surface area contributed by atoms with E-state index in [2.05, 4.69) is 23.7 Å². The molecular formula is C17H12O. The van der Waals surface area contributed by atoms with Crippen molar-refractivity contribution in [3.05, 3.63) is 71.3 Å². The highest BCUT2D eigenvalue weighted by molar-refractivity contribution is 5.52. The highest BCUT2D eigenvalue weighted by Gasteiger charge is 1.94. The number of aliphatic hydroxyl groups is 1. The molecule has 0 unspecified atom stereocenters. The molecular weight excluding hydrogens is 220 g/mol. The highest BCUT2D eigenvalue weighted by Crippen LogP contribution is 2.06. The molecule has 2 rings (SSSR count). The van der Waals surface area contributed by atoms with Crippen LogP contribution in [-0.4, -0.2) is 11.7 Å². The Kier molecular flexibility index (Phi) is 4.20. The van der Waals surface area contributed by atoms with Crippen LogP contribution in [-0.2, 0) is 0 Å². The third-order valence-corrected chi connectivity index (χ3v) is 2.34. The summed E-state index contributed by atoms with van der Waals surface area (Å²) in [5, 5.41) is 8.72. The summed E-state index contributed by atoms with van der Waals surface area (Å²) in [6, 6.07) is 17.5. The quantitative estimate of drug-likeness (QED) is 0.692. The van der Waals surface area contributed by atoms with Crippen LogP contribution in [0.1, 0.15) is 16.7 Å². The number of benzene rings is 2. The Hall–Kier alpha value is -2.48. The SMILES string of the molecule is OCC#Cc1ccccc1C#Cc1ccccc1. The maximum Gasteiger partial charge on any atom is 0.104 e. The monoisotopic (exact) mass is 232 g/mol. The van der Waals surface area contributed by atoms with Gasteiger partial charge in [-0.25, -0.2) is 0 Å². The largest absolute Gasteiger partial charge is 0.384 e. The van der Waals surface area contributed by atoms with Gasteiger partial charge in [0.05, 0.1) is 0 Å². The molecule has 0 amide bonds. The molecule has 0 saturated heterocycles. The van der Waals surface area contributed by atoms with E-state index in [9.17, 15) is 0 Å². The van der Waals surface area contributed by atoms with Crippen molar-refractivity contribution in [1.29, 1.82) is 0 Å². The first kappa shape index (κ1) is 12.0. The standard InChI is InChI=1S/C17H12O/c18-14-6-11-16-9-4-5-10-17(16)13-12-15-7-2-1-3-8-15/h1-5,7-10,18H,14H2. The van der Waals surface area contributed by atoms with Gasteiger partial charge >= 0.3 is 0 Å². The third kappa shape index (κ3) is 3.25. The van der Waals surface area contributed by atoms with Gasteiger partial charge in [-0.3, -0.25) is 0 Å². The van der Waals surface area contributed by atoms with Gasteiger partial charge in [0.1, 0.15) is 6.61 Å². The average Bonchev–Trinajstić information content (AvgIpc) is 2.45. The Morgan fingerprint density at radius 2 is 1.33 bits per heavy atom. The van der Waals surface area contributed by atoms with Gasteiger partial charge in [-0.1, -0.05) is 54.0 Å². The molecule has 0 aliphatic carbocycles. The Morgan fingerprint density at radius 3 is 2.00 bits per heavy atom.